The lowest BCUT2D eigenvalue weighted by molar-refractivity contribution is 0.0505. The molecule has 0 radical (unpaired) electrons. The maximum Gasteiger partial charge on any atom is 0.448 e. The standard InChI is InChI=1S/C28H25O7P/c1-32-20-33-27-17-16-26(35-36(30,31)28(29)22-8-4-2-5-9-22)19-23(27)18-21-12-14-25(15-13-21)34-24-10-6-3-7-11-24/h2-17,19H,18,20H2,1H3,(H,30,31). The van der Waals surface area contributed by atoms with Gasteiger partial charge >= 0.3 is 7.60 Å². The number of hydrogen-bond donors (Lipinski definition) is 1. The zero-order chi connectivity index (χ0) is 25.4. The lowest BCUT2D eigenvalue weighted by Gasteiger charge is -2.16. The van der Waals surface area contributed by atoms with Gasteiger partial charge in [-0.15, -0.1) is 0 Å². The third-order valence-electron chi connectivity index (χ3n) is 5.17. The summed E-state index contributed by atoms with van der Waals surface area (Å²) in [5.74, 6) is 2.03. The topological polar surface area (TPSA) is 91.3 Å². The zero-order valence-corrected chi connectivity index (χ0v) is 20.5. The first-order chi connectivity index (χ1) is 17.4. The second-order valence-corrected chi connectivity index (χ2v) is 9.47. The molecule has 4 rings (SSSR count). The van der Waals surface area contributed by atoms with Crippen LogP contribution in [-0.2, 0) is 15.7 Å². The summed E-state index contributed by atoms with van der Waals surface area (Å²) in [6.45, 7) is 0.0298. The molecule has 1 unspecified atom stereocenters. The Morgan fingerprint density at radius 1 is 0.806 bits per heavy atom. The molecule has 1 atom stereocenters. The first-order valence-electron chi connectivity index (χ1n) is 11.1. The fourth-order valence-corrected chi connectivity index (χ4v) is 4.42. The van der Waals surface area contributed by atoms with E-state index in [2.05, 4.69) is 0 Å². The molecule has 4 aromatic carbocycles. The Kier molecular flexibility index (Phi) is 8.18. The normalized spacial score (nSPS) is 12.4. The van der Waals surface area contributed by atoms with Crippen LogP contribution in [0.1, 0.15) is 21.5 Å². The number of carbonyl (C=O) groups is 1. The van der Waals surface area contributed by atoms with E-state index in [0.717, 1.165) is 11.3 Å². The highest BCUT2D eigenvalue weighted by atomic mass is 31.2. The van der Waals surface area contributed by atoms with Crippen LogP contribution < -0.4 is 14.0 Å². The Morgan fingerprint density at radius 3 is 2.08 bits per heavy atom. The van der Waals surface area contributed by atoms with E-state index in [0.29, 0.717) is 23.5 Å². The average Bonchev–Trinajstić information content (AvgIpc) is 2.90. The highest BCUT2D eigenvalue weighted by Gasteiger charge is 2.33. The van der Waals surface area contributed by atoms with E-state index in [1.807, 2.05) is 54.6 Å². The fourth-order valence-electron chi connectivity index (χ4n) is 3.46. The fraction of sp³-hybridized carbons (Fsp3) is 0.107. The van der Waals surface area contributed by atoms with Crippen LogP contribution in [0.2, 0.25) is 0 Å². The van der Waals surface area contributed by atoms with Gasteiger partial charge in [0.25, 0.3) is 5.52 Å². The van der Waals surface area contributed by atoms with Gasteiger partial charge in [0, 0.05) is 24.7 Å². The molecule has 0 saturated carbocycles. The predicted octanol–water partition coefficient (Wildman–Crippen LogP) is 6.46. The summed E-state index contributed by atoms with van der Waals surface area (Å²) in [6.07, 6.45) is 0.435. The molecule has 8 heteroatoms. The second-order valence-electron chi connectivity index (χ2n) is 7.84. The molecule has 1 N–H and O–H groups in total. The quantitative estimate of drug-likeness (QED) is 0.185. The van der Waals surface area contributed by atoms with Crippen LogP contribution >= 0.6 is 7.60 Å². The van der Waals surface area contributed by atoms with Crippen LogP contribution in [0.25, 0.3) is 0 Å². The van der Waals surface area contributed by atoms with Gasteiger partial charge in [-0.1, -0.05) is 60.7 Å². The van der Waals surface area contributed by atoms with Crippen molar-refractivity contribution in [2.75, 3.05) is 13.9 Å². The molecule has 184 valence electrons. The molecule has 0 aliphatic rings. The van der Waals surface area contributed by atoms with Crippen molar-refractivity contribution >= 4 is 13.1 Å². The molecule has 0 spiro atoms. The number of ether oxygens (including phenoxy) is 3. The molecule has 0 aliphatic carbocycles. The average molecular weight is 504 g/mol. The summed E-state index contributed by atoms with van der Waals surface area (Å²) < 4.78 is 34.5. The lowest BCUT2D eigenvalue weighted by atomic mass is 10.0. The van der Waals surface area contributed by atoms with E-state index in [1.165, 1.54) is 25.3 Å². The minimum Gasteiger partial charge on any atom is -0.467 e. The SMILES string of the molecule is COCOc1ccc(OP(=O)(O)C(=O)c2ccccc2)cc1Cc1ccc(Oc2ccccc2)cc1. The lowest BCUT2D eigenvalue weighted by Crippen LogP contribution is -2.07. The van der Waals surface area contributed by atoms with E-state index in [9.17, 15) is 14.3 Å². The molecule has 0 bridgehead atoms. The smallest absolute Gasteiger partial charge is 0.448 e. The molecule has 36 heavy (non-hydrogen) atoms. The van der Waals surface area contributed by atoms with Crippen molar-refractivity contribution in [1.29, 1.82) is 0 Å². The second kappa shape index (κ2) is 11.7. The van der Waals surface area contributed by atoms with Gasteiger partial charge in [0.05, 0.1) is 0 Å². The van der Waals surface area contributed by atoms with Crippen LogP contribution in [-0.4, -0.2) is 24.3 Å². The summed E-state index contributed by atoms with van der Waals surface area (Å²) in [6, 6.07) is 29.6. The zero-order valence-electron chi connectivity index (χ0n) is 19.6. The van der Waals surface area contributed by atoms with Crippen LogP contribution in [0.15, 0.2) is 103 Å². The van der Waals surface area contributed by atoms with Crippen LogP contribution in [0.3, 0.4) is 0 Å². The molecule has 0 aliphatic heterocycles. The number of methoxy groups -OCH3 is 1. The van der Waals surface area contributed by atoms with Gasteiger partial charge in [-0.25, -0.2) is 4.57 Å². The van der Waals surface area contributed by atoms with Gasteiger partial charge in [-0.05, 0) is 48.0 Å². The van der Waals surface area contributed by atoms with Crippen molar-refractivity contribution in [1.82, 2.24) is 0 Å². The third-order valence-corrected chi connectivity index (χ3v) is 6.40. The maximum atomic E-state index is 12.7. The van der Waals surface area contributed by atoms with E-state index in [-0.39, 0.29) is 18.1 Å². The Hall–Kier alpha value is -3.90. The molecular weight excluding hydrogens is 479 g/mol. The summed E-state index contributed by atoms with van der Waals surface area (Å²) in [5, 5.41) is 0. The minimum absolute atomic E-state index is 0.0298. The molecule has 7 nitrogen and oxygen atoms in total. The highest BCUT2D eigenvalue weighted by Crippen LogP contribution is 2.46. The number of para-hydroxylation sites is 1. The summed E-state index contributed by atoms with van der Waals surface area (Å²) >= 11 is 0. The van der Waals surface area contributed by atoms with Crippen molar-refractivity contribution in [2.45, 2.75) is 6.42 Å². The Bertz CT molecular complexity index is 1340. The van der Waals surface area contributed by atoms with Gasteiger partial charge in [0.1, 0.15) is 23.0 Å². The molecule has 4 aromatic rings. The van der Waals surface area contributed by atoms with Gasteiger partial charge in [0.15, 0.2) is 6.79 Å². The summed E-state index contributed by atoms with van der Waals surface area (Å²) in [7, 11) is -3.11. The monoisotopic (exact) mass is 504 g/mol. The van der Waals surface area contributed by atoms with Gasteiger partial charge in [0.2, 0.25) is 0 Å². The summed E-state index contributed by atoms with van der Waals surface area (Å²) in [4.78, 5) is 22.9. The van der Waals surface area contributed by atoms with Gasteiger partial charge in [-0.2, -0.15) is 0 Å². The van der Waals surface area contributed by atoms with Crippen molar-refractivity contribution < 1.29 is 33.0 Å². The number of hydrogen-bond acceptors (Lipinski definition) is 6. The van der Waals surface area contributed by atoms with Crippen LogP contribution in [0, 0.1) is 0 Å². The molecule has 0 heterocycles. The number of carbonyl (C=O) groups excluding carboxylic acids is 1. The Morgan fingerprint density at radius 2 is 1.42 bits per heavy atom. The first kappa shape index (κ1) is 25.2. The third kappa shape index (κ3) is 6.61. The van der Waals surface area contributed by atoms with Gasteiger partial charge in [-0.3, -0.25) is 4.79 Å². The van der Waals surface area contributed by atoms with Crippen molar-refractivity contribution in [3.63, 3.8) is 0 Å². The molecule has 0 aromatic heterocycles. The molecule has 0 amide bonds. The van der Waals surface area contributed by atoms with E-state index in [1.54, 1.807) is 30.3 Å². The Labute approximate surface area is 209 Å². The van der Waals surface area contributed by atoms with E-state index < -0.39 is 13.1 Å². The molecule has 0 saturated heterocycles. The predicted molar refractivity (Wildman–Crippen MR) is 136 cm³/mol. The van der Waals surface area contributed by atoms with Crippen LogP contribution in [0.5, 0.6) is 23.0 Å². The molecule has 0 fully saturated rings. The van der Waals surface area contributed by atoms with Crippen molar-refractivity contribution in [2.24, 2.45) is 0 Å². The summed E-state index contributed by atoms with van der Waals surface area (Å²) in [5.41, 5.74) is 0.760. The molecular formula is C28H25O7P. The van der Waals surface area contributed by atoms with Crippen molar-refractivity contribution in [3.05, 3.63) is 120 Å². The number of rotatable bonds is 11. The Balaban J connectivity index is 1.53. The highest BCUT2D eigenvalue weighted by molar-refractivity contribution is 7.72. The van der Waals surface area contributed by atoms with Crippen LogP contribution in [0.4, 0.5) is 0 Å². The first-order valence-corrected chi connectivity index (χ1v) is 12.7. The van der Waals surface area contributed by atoms with Gasteiger partial charge < -0.3 is 23.6 Å². The maximum absolute atomic E-state index is 12.7. The number of benzene rings is 4. The van der Waals surface area contributed by atoms with E-state index >= 15 is 0 Å². The van der Waals surface area contributed by atoms with E-state index in [4.69, 9.17) is 18.7 Å². The largest absolute Gasteiger partial charge is 0.467 e. The van der Waals surface area contributed by atoms with Crippen molar-refractivity contribution in [3.8, 4) is 23.0 Å². The minimum atomic E-state index is -4.63.